The molecule has 0 aliphatic carbocycles. The second-order valence-electron chi connectivity index (χ2n) is 3.25. The largest absolute Gasteiger partial charge is 0.364 e. The molecule has 0 fully saturated rings. The standard InChI is InChI=1S/C10H11BrN4O/c11-6-7-14-10(16)15(12)9(13-14)8-4-2-1-3-5-8/h1-5H,6-7,12H2. The Balaban J connectivity index is 2.51. The number of nitrogens with zero attached hydrogens (tertiary/aromatic N) is 3. The van der Waals surface area contributed by atoms with Crippen molar-refractivity contribution >= 4 is 15.9 Å². The molecule has 0 bridgehead atoms. The maximum absolute atomic E-state index is 11.7. The molecule has 2 N–H and O–H groups in total. The van der Waals surface area contributed by atoms with Crippen LogP contribution < -0.4 is 11.5 Å². The molecule has 5 nitrogen and oxygen atoms in total. The van der Waals surface area contributed by atoms with Gasteiger partial charge in [-0.05, 0) is 0 Å². The zero-order chi connectivity index (χ0) is 11.5. The van der Waals surface area contributed by atoms with Crippen LogP contribution in [0.25, 0.3) is 11.4 Å². The summed E-state index contributed by atoms with van der Waals surface area (Å²) in [6.07, 6.45) is 0. The molecular weight excluding hydrogens is 272 g/mol. The Morgan fingerprint density at radius 1 is 1.31 bits per heavy atom. The fraction of sp³-hybridized carbons (Fsp3) is 0.200. The summed E-state index contributed by atoms with van der Waals surface area (Å²) in [7, 11) is 0. The number of aryl methyl sites for hydroxylation is 1. The molecule has 84 valence electrons. The zero-order valence-electron chi connectivity index (χ0n) is 8.51. The van der Waals surface area contributed by atoms with Gasteiger partial charge in [-0.3, -0.25) is 0 Å². The fourth-order valence-corrected chi connectivity index (χ4v) is 1.77. The predicted molar refractivity (Wildman–Crippen MR) is 65.9 cm³/mol. The summed E-state index contributed by atoms with van der Waals surface area (Å²) in [6.45, 7) is 0.503. The average molecular weight is 283 g/mol. The van der Waals surface area contributed by atoms with E-state index in [1.54, 1.807) is 0 Å². The van der Waals surface area contributed by atoms with E-state index in [2.05, 4.69) is 21.0 Å². The van der Waals surface area contributed by atoms with Gasteiger partial charge >= 0.3 is 5.69 Å². The molecule has 0 aliphatic rings. The van der Waals surface area contributed by atoms with Gasteiger partial charge in [0.05, 0.1) is 6.54 Å². The minimum atomic E-state index is -0.307. The van der Waals surface area contributed by atoms with Gasteiger partial charge < -0.3 is 5.84 Å². The lowest BCUT2D eigenvalue weighted by Gasteiger charge is -1.97. The van der Waals surface area contributed by atoms with Crippen LogP contribution in [0.1, 0.15) is 0 Å². The highest BCUT2D eigenvalue weighted by atomic mass is 79.9. The Morgan fingerprint density at radius 3 is 2.62 bits per heavy atom. The number of benzene rings is 1. The quantitative estimate of drug-likeness (QED) is 0.670. The summed E-state index contributed by atoms with van der Waals surface area (Å²) >= 11 is 3.26. The third-order valence-electron chi connectivity index (χ3n) is 2.20. The lowest BCUT2D eigenvalue weighted by molar-refractivity contribution is 0.635. The molecule has 2 rings (SSSR count). The van der Waals surface area contributed by atoms with Gasteiger partial charge in [-0.15, -0.1) is 5.10 Å². The lowest BCUT2D eigenvalue weighted by Crippen LogP contribution is -2.30. The molecular formula is C10H11BrN4O. The number of nitrogens with two attached hydrogens (primary N) is 1. The van der Waals surface area contributed by atoms with Crippen molar-refractivity contribution in [3.63, 3.8) is 0 Å². The Bertz CT molecular complexity index is 531. The van der Waals surface area contributed by atoms with Gasteiger partial charge in [0.25, 0.3) is 0 Å². The van der Waals surface area contributed by atoms with Gasteiger partial charge in [-0.1, -0.05) is 46.3 Å². The van der Waals surface area contributed by atoms with Crippen LogP contribution in [0.15, 0.2) is 35.1 Å². The Kier molecular flexibility index (Phi) is 3.09. The van der Waals surface area contributed by atoms with E-state index in [4.69, 9.17) is 5.84 Å². The highest BCUT2D eigenvalue weighted by Crippen LogP contribution is 2.12. The van der Waals surface area contributed by atoms with E-state index in [1.165, 1.54) is 4.68 Å². The molecule has 1 aromatic carbocycles. The predicted octanol–water partition coefficient (Wildman–Crippen LogP) is 0.820. The zero-order valence-corrected chi connectivity index (χ0v) is 10.1. The van der Waals surface area contributed by atoms with Crippen molar-refractivity contribution in [3.05, 3.63) is 40.8 Å². The summed E-state index contributed by atoms with van der Waals surface area (Å²) in [5.41, 5.74) is 0.522. The van der Waals surface area contributed by atoms with E-state index in [0.29, 0.717) is 17.7 Å². The van der Waals surface area contributed by atoms with Crippen molar-refractivity contribution < 1.29 is 0 Å². The van der Waals surface area contributed by atoms with E-state index in [0.717, 1.165) is 10.2 Å². The van der Waals surface area contributed by atoms with Gasteiger partial charge in [0.15, 0.2) is 5.82 Å². The minimum Gasteiger partial charge on any atom is -0.333 e. The molecule has 0 atom stereocenters. The van der Waals surface area contributed by atoms with E-state index in [9.17, 15) is 4.79 Å². The number of aromatic nitrogens is 3. The van der Waals surface area contributed by atoms with Crippen molar-refractivity contribution in [2.75, 3.05) is 11.2 Å². The smallest absolute Gasteiger partial charge is 0.333 e. The maximum atomic E-state index is 11.7. The highest BCUT2D eigenvalue weighted by molar-refractivity contribution is 9.09. The number of rotatable bonds is 3. The van der Waals surface area contributed by atoms with Crippen LogP contribution in [-0.2, 0) is 6.54 Å². The summed E-state index contributed by atoms with van der Waals surface area (Å²) in [6, 6.07) is 9.39. The topological polar surface area (TPSA) is 65.8 Å². The third kappa shape index (κ3) is 1.88. The molecule has 0 unspecified atom stereocenters. The number of hydrogen-bond donors (Lipinski definition) is 1. The molecule has 0 saturated heterocycles. The lowest BCUT2D eigenvalue weighted by atomic mass is 10.2. The Morgan fingerprint density at radius 2 is 2.00 bits per heavy atom. The Labute approximate surface area is 101 Å². The molecule has 0 radical (unpaired) electrons. The molecule has 0 saturated carbocycles. The normalized spacial score (nSPS) is 10.6. The monoisotopic (exact) mass is 282 g/mol. The highest BCUT2D eigenvalue weighted by Gasteiger charge is 2.11. The van der Waals surface area contributed by atoms with Gasteiger partial charge in [-0.2, -0.15) is 4.68 Å². The molecule has 6 heteroatoms. The molecule has 0 amide bonds. The first-order chi connectivity index (χ1) is 7.74. The Hall–Kier alpha value is -1.56. The first kappa shape index (κ1) is 10.9. The second-order valence-corrected chi connectivity index (χ2v) is 4.05. The average Bonchev–Trinajstić information content (AvgIpc) is 2.59. The molecule has 2 aromatic rings. The van der Waals surface area contributed by atoms with Crippen LogP contribution in [0.5, 0.6) is 0 Å². The van der Waals surface area contributed by atoms with E-state index in [1.807, 2.05) is 30.3 Å². The fourth-order valence-electron chi connectivity index (χ4n) is 1.43. The van der Waals surface area contributed by atoms with E-state index < -0.39 is 0 Å². The van der Waals surface area contributed by atoms with Gasteiger partial charge in [0.1, 0.15) is 0 Å². The van der Waals surface area contributed by atoms with Crippen LogP contribution in [0.2, 0.25) is 0 Å². The maximum Gasteiger partial charge on any atom is 0.364 e. The summed E-state index contributed by atoms with van der Waals surface area (Å²) in [5, 5.41) is 4.85. The minimum absolute atomic E-state index is 0.307. The van der Waals surface area contributed by atoms with Crippen LogP contribution in [0.4, 0.5) is 0 Å². The molecule has 16 heavy (non-hydrogen) atoms. The van der Waals surface area contributed by atoms with Crippen molar-refractivity contribution in [1.29, 1.82) is 0 Å². The van der Waals surface area contributed by atoms with Gasteiger partial charge in [0, 0.05) is 10.9 Å². The number of alkyl halides is 1. The second kappa shape index (κ2) is 4.52. The van der Waals surface area contributed by atoms with E-state index >= 15 is 0 Å². The summed E-state index contributed by atoms with van der Waals surface area (Å²) < 4.78 is 2.41. The molecule has 0 spiro atoms. The van der Waals surface area contributed by atoms with Crippen LogP contribution in [0.3, 0.4) is 0 Å². The van der Waals surface area contributed by atoms with Gasteiger partial charge in [0.2, 0.25) is 0 Å². The summed E-state index contributed by atoms with van der Waals surface area (Å²) in [5.74, 6) is 6.15. The molecule has 1 heterocycles. The van der Waals surface area contributed by atoms with E-state index in [-0.39, 0.29) is 5.69 Å². The summed E-state index contributed by atoms with van der Waals surface area (Å²) in [4.78, 5) is 11.7. The van der Waals surface area contributed by atoms with Crippen LogP contribution >= 0.6 is 15.9 Å². The van der Waals surface area contributed by atoms with Crippen LogP contribution in [-0.4, -0.2) is 19.8 Å². The molecule has 0 aliphatic heterocycles. The van der Waals surface area contributed by atoms with Crippen molar-refractivity contribution in [2.45, 2.75) is 6.54 Å². The van der Waals surface area contributed by atoms with Crippen molar-refractivity contribution in [2.24, 2.45) is 0 Å². The van der Waals surface area contributed by atoms with Gasteiger partial charge in [-0.25, -0.2) is 9.48 Å². The molecule has 1 aromatic heterocycles. The number of halogens is 1. The van der Waals surface area contributed by atoms with Crippen molar-refractivity contribution in [3.8, 4) is 11.4 Å². The third-order valence-corrected chi connectivity index (χ3v) is 2.55. The SMILES string of the molecule is Nn1c(-c2ccccc2)nn(CCBr)c1=O. The first-order valence-corrected chi connectivity index (χ1v) is 5.92. The number of hydrogen-bond acceptors (Lipinski definition) is 3. The first-order valence-electron chi connectivity index (χ1n) is 4.80. The van der Waals surface area contributed by atoms with Crippen molar-refractivity contribution in [1.82, 2.24) is 14.5 Å². The van der Waals surface area contributed by atoms with Crippen LogP contribution in [0, 0.1) is 0 Å². The number of nitrogen functional groups attached to an aromatic ring is 1.